The predicted octanol–water partition coefficient (Wildman–Crippen LogP) is 0.626. The fourth-order valence-corrected chi connectivity index (χ4v) is 6.43. The van der Waals surface area contributed by atoms with Crippen LogP contribution in [0.25, 0.3) is 0 Å². The molecule has 0 saturated carbocycles. The van der Waals surface area contributed by atoms with E-state index in [1.807, 2.05) is 20.8 Å². The molecule has 0 aliphatic rings. The molecule has 0 rings (SSSR count). The fraction of sp³-hybridized carbons (Fsp3) is 1.00. The van der Waals surface area contributed by atoms with Gasteiger partial charge in [0.2, 0.25) is 20.0 Å². The minimum atomic E-state index is -3.45. The maximum absolute atomic E-state index is 12.0. The molecule has 158 valence electrons. The van der Waals surface area contributed by atoms with Crippen LogP contribution in [0, 0.1) is 0 Å². The highest BCUT2D eigenvalue weighted by Gasteiger charge is 2.40. The van der Waals surface area contributed by atoms with Crippen molar-refractivity contribution in [3.63, 3.8) is 0 Å². The molecule has 0 unspecified atom stereocenters. The van der Waals surface area contributed by atoms with Crippen LogP contribution < -0.4 is 4.72 Å². The van der Waals surface area contributed by atoms with Crippen LogP contribution in [0.15, 0.2) is 0 Å². The minimum Gasteiger partial charge on any atom is -0.374 e. The lowest BCUT2D eigenvalue weighted by atomic mass is 10.4. The first-order chi connectivity index (χ1) is 12.1. The van der Waals surface area contributed by atoms with E-state index in [9.17, 15) is 16.8 Å². The molecule has 0 aliphatic heterocycles. The van der Waals surface area contributed by atoms with Crippen molar-refractivity contribution in [1.82, 2.24) is 9.03 Å². The topological polar surface area (TPSA) is 111 Å². The molecule has 0 amide bonds. The number of sulfonamides is 2. The molecule has 0 heterocycles. The quantitative estimate of drug-likeness (QED) is 0.355. The van der Waals surface area contributed by atoms with Gasteiger partial charge in [-0.3, -0.25) is 0 Å². The molecular weight excluding hydrogens is 400 g/mol. The summed E-state index contributed by atoms with van der Waals surface area (Å²) in [4.78, 5) is 0. The Hall–Kier alpha value is -0.0831. The van der Waals surface area contributed by atoms with Gasteiger partial charge >= 0.3 is 8.80 Å². The Balaban J connectivity index is 4.82. The second-order valence-electron chi connectivity index (χ2n) is 5.55. The largest absolute Gasteiger partial charge is 0.500 e. The third kappa shape index (κ3) is 10.3. The van der Waals surface area contributed by atoms with Crippen molar-refractivity contribution in [1.29, 1.82) is 0 Å². The van der Waals surface area contributed by atoms with Crippen LogP contribution in [-0.2, 0) is 33.3 Å². The van der Waals surface area contributed by atoms with E-state index in [4.69, 9.17) is 13.3 Å². The molecule has 0 aromatic carbocycles. The normalized spacial score (nSPS) is 13.5. The first-order valence-electron chi connectivity index (χ1n) is 8.90. The van der Waals surface area contributed by atoms with E-state index >= 15 is 0 Å². The van der Waals surface area contributed by atoms with Gasteiger partial charge in [-0.15, -0.1) is 0 Å². The molecule has 0 aliphatic carbocycles. The summed E-state index contributed by atoms with van der Waals surface area (Å²) < 4.78 is 67.7. The zero-order valence-corrected chi connectivity index (χ0v) is 19.1. The van der Waals surface area contributed by atoms with Gasteiger partial charge in [-0.05, 0) is 34.1 Å². The Morgan fingerprint density at radius 1 is 0.885 bits per heavy atom. The van der Waals surface area contributed by atoms with Crippen molar-refractivity contribution < 1.29 is 30.1 Å². The lowest BCUT2D eigenvalue weighted by molar-refractivity contribution is 0.0704. The Kier molecular flexibility index (Phi) is 12.4. The average Bonchev–Trinajstić information content (AvgIpc) is 2.53. The molecule has 9 nitrogen and oxygen atoms in total. The summed E-state index contributed by atoms with van der Waals surface area (Å²) in [6, 6.07) is 0.495. The standard InChI is InChI=1S/C14H34N2O7S2Si/c1-6-21-26(22-7-2,23-8-3)14-10-12-16(24(5,17)18)13-11-15-25(19,20)9-4/h15H,6-14H2,1-5H3. The molecule has 0 atom stereocenters. The number of nitrogens with one attached hydrogen (secondary N) is 1. The zero-order valence-electron chi connectivity index (χ0n) is 16.5. The molecular formula is C14H34N2O7S2Si. The van der Waals surface area contributed by atoms with Gasteiger partial charge in [0.15, 0.2) is 0 Å². The number of rotatable bonds is 16. The van der Waals surface area contributed by atoms with Crippen LogP contribution in [0.5, 0.6) is 0 Å². The predicted molar refractivity (Wildman–Crippen MR) is 104 cm³/mol. The fourth-order valence-electron chi connectivity index (χ4n) is 2.34. The van der Waals surface area contributed by atoms with E-state index in [0.717, 1.165) is 6.26 Å². The van der Waals surface area contributed by atoms with Crippen LogP contribution in [0.1, 0.15) is 34.1 Å². The van der Waals surface area contributed by atoms with Gasteiger partial charge in [-0.1, -0.05) is 0 Å². The molecule has 0 bridgehead atoms. The number of nitrogens with zero attached hydrogens (tertiary/aromatic N) is 1. The molecule has 0 spiro atoms. The van der Waals surface area contributed by atoms with Crippen molar-refractivity contribution in [2.75, 3.05) is 51.5 Å². The number of hydrogen-bond donors (Lipinski definition) is 1. The molecule has 0 aromatic rings. The van der Waals surface area contributed by atoms with Crippen LogP contribution >= 0.6 is 0 Å². The highest BCUT2D eigenvalue weighted by atomic mass is 32.2. The molecule has 0 aromatic heterocycles. The summed E-state index contributed by atoms with van der Waals surface area (Å²) in [5, 5.41) is 0. The maximum atomic E-state index is 12.0. The van der Waals surface area contributed by atoms with Crippen LogP contribution in [0.2, 0.25) is 6.04 Å². The van der Waals surface area contributed by atoms with Crippen LogP contribution in [0.3, 0.4) is 0 Å². The van der Waals surface area contributed by atoms with E-state index in [2.05, 4.69) is 4.72 Å². The smallest absolute Gasteiger partial charge is 0.374 e. The molecule has 12 heteroatoms. The Bertz CT molecular complexity index is 567. The third-order valence-electron chi connectivity index (χ3n) is 3.52. The van der Waals surface area contributed by atoms with Gasteiger partial charge in [0, 0.05) is 45.5 Å². The second kappa shape index (κ2) is 12.4. The van der Waals surface area contributed by atoms with Crippen LogP contribution in [0.4, 0.5) is 0 Å². The molecule has 1 N–H and O–H groups in total. The van der Waals surface area contributed by atoms with E-state index in [-0.39, 0.29) is 25.4 Å². The average molecular weight is 435 g/mol. The summed E-state index contributed by atoms with van der Waals surface area (Å²) in [6.07, 6.45) is 1.61. The second-order valence-corrected chi connectivity index (χ2v) is 12.4. The molecule has 0 fully saturated rings. The maximum Gasteiger partial charge on any atom is 0.500 e. The van der Waals surface area contributed by atoms with E-state index in [0.29, 0.717) is 32.3 Å². The van der Waals surface area contributed by atoms with E-state index in [1.54, 1.807) is 0 Å². The summed E-state index contributed by atoms with van der Waals surface area (Å²) in [5.74, 6) is -0.0446. The third-order valence-corrected chi connectivity index (χ3v) is 9.37. The molecule has 26 heavy (non-hydrogen) atoms. The van der Waals surface area contributed by atoms with E-state index in [1.165, 1.54) is 11.2 Å². The van der Waals surface area contributed by atoms with Gasteiger partial charge in [0.25, 0.3) is 0 Å². The monoisotopic (exact) mass is 434 g/mol. The van der Waals surface area contributed by atoms with Crippen molar-refractivity contribution in [3.05, 3.63) is 0 Å². The van der Waals surface area contributed by atoms with Gasteiger partial charge in [0.05, 0.1) is 12.0 Å². The van der Waals surface area contributed by atoms with Gasteiger partial charge in [-0.2, -0.15) is 0 Å². The Morgan fingerprint density at radius 2 is 1.38 bits per heavy atom. The Labute approximate surface area is 159 Å². The first kappa shape index (κ1) is 25.9. The Morgan fingerprint density at radius 3 is 1.77 bits per heavy atom. The zero-order chi connectivity index (χ0) is 20.3. The highest BCUT2D eigenvalue weighted by Crippen LogP contribution is 2.19. The van der Waals surface area contributed by atoms with E-state index < -0.39 is 28.9 Å². The van der Waals surface area contributed by atoms with Crippen molar-refractivity contribution in [2.24, 2.45) is 0 Å². The minimum absolute atomic E-state index is 0.0359. The van der Waals surface area contributed by atoms with Crippen molar-refractivity contribution in [3.8, 4) is 0 Å². The summed E-state index contributed by atoms with van der Waals surface area (Å²) >= 11 is 0. The van der Waals surface area contributed by atoms with Gasteiger partial charge in [-0.25, -0.2) is 25.9 Å². The lowest BCUT2D eigenvalue weighted by Crippen LogP contribution is -2.47. The molecule has 0 saturated heterocycles. The SMILES string of the molecule is CCO[Si](CCCN(CCNS(=O)(=O)CC)S(C)(=O)=O)(OCC)OCC. The highest BCUT2D eigenvalue weighted by molar-refractivity contribution is 7.89. The lowest BCUT2D eigenvalue weighted by Gasteiger charge is -2.29. The summed E-state index contributed by atoms with van der Waals surface area (Å²) in [7, 11) is -9.62. The van der Waals surface area contributed by atoms with Crippen molar-refractivity contribution in [2.45, 2.75) is 40.2 Å². The van der Waals surface area contributed by atoms with Crippen molar-refractivity contribution >= 4 is 28.9 Å². The molecule has 0 radical (unpaired) electrons. The van der Waals surface area contributed by atoms with Gasteiger partial charge in [0.1, 0.15) is 0 Å². The van der Waals surface area contributed by atoms with Crippen LogP contribution in [-0.4, -0.2) is 81.4 Å². The summed E-state index contributed by atoms with van der Waals surface area (Å²) in [6.45, 7) is 8.85. The number of hydrogen-bond acceptors (Lipinski definition) is 7. The summed E-state index contributed by atoms with van der Waals surface area (Å²) in [5.41, 5.74) is 0. The van der Waals surface area contributed by atoms with Gasteiger partial charge < -0.3 is 13.3 Å². The first-order valence-corrected chi connectivity index (χ1v) is 14.3.